The third-order valence-electron chi connectivity index (χ3n) is 4.06. The lowest BCUT2D eigenvalue weighted by molar-refractivity contribution is 0.0757. The van der Waals surface area contributed by atoms with Gasteiger partial charge in [-0.2, -0.15) is 0 Å². The zero-order valence-electron chi connectivity index (χ0n) is 13.1. The summed E-state index contributed by atoms with van der Waals surface area (Å²) in [6, 6.07) is 1.28. The lowest BCUT2D eigenvalue weighted by Crippen LogP contribution is -2.33. The van der Waals surface area contributed by atoms with E-state index in [-0.39, 0.29) is 11.3 Å². The van der Waals surface area contributed by atoms with Crippen LogP contribution >= 0.6 is 0 Å². The number of likely N-dealkylation sites (tertiary alicyclic amines) is 1. The molecule has 1 N–H and O–H groups in total. The molecule has 0 aliphatic carbocycles. The SMILES string of the molecule is CCNc1ncc(F)cc1C(=O)N1CCCC(C)(C)CC1. The molecule has 0 atom stereocenters. The summed E-state index contributed by atoms with van der Waals surface area (Å²) in [6.07, 6.45) is 4.20. The number of anilines is 1. The van der Waals surface area contributed by atoms with Gasteiger partial charge >= 0.3 is 0 Å². The van der Waals surface area contributed by atoms with Crippen LogP contribution in [0.25, 0.3) is 0 Å². The number of carbonyl (C=O) groups is 1. The molecule has 0 radical (unpaired) electrons. The molecule has 0 spiro atoms. The second-order valence-electron chi connectivity index (χ2n) is 6.39. The van der Waals surface area contributed by atoms with Gasteiger partial charge in [0.15, 0.2) is 0 Å². The van der Waals surface area contributed by atoms with Gasteiger partial charge in [0, 0.05) is 19.6 Å². The fraction of sp³-hybridized carbons (Fsp3) is 0.625. The van der Waals surface area contributed by atoms with E-state index < -0.39 is 5.82 Å². The van der Waals surface area contributed by atoms with Crippen molar-refractivity contribution in [3.63, 3.8) is 0 Å². The Morgan fingerprint density at radius 1 is 1.43 bits per heavy atom. The van der Waals surface area contributed by atoms with Crippen LogP contribution in [0.4, 0.5) is 10.2 Å². The summed E-state index contributed by atoms with van der Waals surface area (Å²) in [5.74, 6) is -0.141. The summed E-state index contributed by atoms with van der Waals surface area (Å²) in [5, 5.41) is 3.03. The third kappa shape index (κ3) is 3.93. The van der Waals surface area contributed by atoms with Crippen molar-refractivity contribution in [3.8, 4) is 0 Å². The van der Waals surface area contributed by atoms with Crippen molar-refractivity contribution in [1.29, 1.82) is 0 Å². The predicted molar refractivity (Wildman–Crippen MR) is 81.9 cm³/mol. The third-order valence-corrected chi connectivity index (χ3v) is 4.06. The first-order valence-electron chi connectivity index (χ1n) is 7.61. The van der Waals surface area contributed by atoms with Gasteiger partial charge in [-0.25, -0.2) is 9.37 Å². The number of rotatable bonds is 3. The molecule has 1 fully saturated rings. The number of amides is 1. The number of aromatic nitrogens is 1. The quantitative estimate of drug-likeness (QED) is 0.930. The fourth-order valence-corrected chi connectivity index (χ4v) is 2.71. The highest BCUT2D eigenvalue weighted by Crippen LogP contribution is 2.30. The van der Waals surface area contributed by atoms with E-state index in [0.717, 1.165) is 32.0 Å². The largest absolute Gasteiger partial charge is 0.370 e. The molecule has 2 rings (SSSR count). The number of hydrogen-bond donors (Lipinski definition) is 1. The Hall–Kier alpha value is -1.65. The molecule has 0 saturated carbocycles. The van der Waals surface area contributed by atoms with Gasteiger partial charge in [0.25, 0.3) is 5.91 Å². The Labute approximate surface area is 125 Å². The number of carbonyl (C=O) groups excluding carboxylic acids is 1. The lowest BCUT2D eigenvalue weighted by atomic mass is 9.85. The van der Waals surface area contributed by atoms with Gasteiger partial charge in [-0.1, -0.05) is 13.8 Å². The Bertz CT molecular complexity index is 516. The summed E-state index contributed by atoms with van der Waals surface area (Å²) >= 11 is 0. The molecule has 21 heavy (non-hydrogen) atoms. The van der Waals surface area contributed by atoms with Crippen LogP contribution in [0.1, 0.15) is 50.4 Å². The van der Waals surface area contributed by atoms with Gasteiger partial charge in [0.05, 0.1) is 11.8 Å². The van der Waals surface area contributed by atoms with Crippen molar-refractivity contribution in [2.45, 2.75) is 40.0 Å². The molecule has 1 aliphatic rings. The number of pyridine rings is 1. The van der Waals surface area contributed by atoms with Crippen molar-refractivity contribution >= 4 is 11.7 Å². The summed E-state index contributed by atoms with van der Waals surface area (Å²) in [4.78, 5) is 18.5. The van der Waals surface area contributed by atoms with Gasteiger partial charge in [-0.3, -0.25) is 4.79 Å². The molecule has 1 aliphatic heterocycles. The van der Waals surface area contributed by atoms with Crippen LogP contribution in [0.15, 0.2) is 12.3 Å². The first-order valence-corrected chi connectivity index (χ1v) is 7.61. The average Bonchev–Trinajstić information content (AvgIpc) is 2.61. The number of halogens is 1. The highest BCUT2D eigenvalue weighted by atomic mass is 19.1. The van der Waals surface area contributed by atoms with Gasteiger partial charge < -0.3 is 10.2 Å². The maximum atomic E-state index is 13.5. The summed E-state index contributed by atoms with van der Waals surface area (Å²) in [5.41, 5.74) is 0.594. The molecule has 1 saturated heterocycles. The number of nitrogens with one attached hydrogen (secondary N) is 1. The summed E-state index contributed by atoms with van der Waals surface area (Å²) in [6.45, 7) is 8.47. The van der Waals surface area contributed by atoms with E-state index in [1.807, 2.05) is 11.8 Å². The summed E-state index contributed by atoms with van der Waals surface area (Å²) < 4.78 is 13.5. The second kappa shape index (κ2) is 6.41. The first-order chi connectivity index (χ1) is 9.93. The number of hydrogen-bond acceptors (Lipinski definition) is 3. The highest BCUT2D eigenvalue weighted by Gasteiger charge is 2.27. The van der Waals surface area contributed by atoms with Crippen LogP contribution in [0, 0.1) is 11.2 Å². The molecule has 1 aromatic rings. The zero-order chi connectivity index (χ0) is 15.5. The summed E-state index contributed by atoms with van der Waals surface area (Å²) in [7, 11) is 0. The Balaban J connectivity index is 2.21. The monoisotopic (exact) mass is 293 g/mol. The van der Waals surface area contributed by atoms with Crippen molar-refractivity contribution in [2.75, 3.05) is 25.0 Å². The van der Waals surface area contributed by atoms with E-state index in [0.29, 0.717) is 24.5 Å². The molecule has 5 heteroatoms. The van der Waals surface area contributed by atoms with Crippen LogP contribution in [0.5, 0.6) is 0 Å². The normalized spacial score (nSPS) is 18.2. The molecule has 4 nitrogen and oxygen atoms in total. The van der Waals surface area contributed by atoms with E-state index in [2.05, 4.69) is 24.1 Å². The van der Waals surface area contributed by atoms with Crippen LogP contribution in [0.2, 0.25) is 0 Å². The molecule has 0 unspecified atom stereocenters. The molecule has 116 valence electrons. The van der Waals surface area contributed by atoms with E-state index in [1.54, 1.807) is 0 Å². The minimum Gasteiger partial charge on any atom is -0.370 e. The smallest absolute Gasteiger partial charge is 0.257 e. The molecule has 0 aromatic carbocycles. The Morgan fingerprint density at radius 2 is 2.19 bits per heavy atom. The van der Waals surface area contributed by atoms with Gasteiger partial charge in [0.1, 0.15) is 11.6 Å². The van der Waals surface area contributed by atoms with Crippen LogP contribution in [-0.2, 0) is 0 Å². The number of nitrogens with zero attached hydrogens (tertiary/aromatic N) is 2. The highest BCUT2D eigenvalue weighted by molar-refractivity contribution is 5.98. The van der Waals surface area contributed by atoms with Gasteiger partial charge in [-0.05, 0) is 37.7 Å². The van der Waals surface area contributed by atoms with E-state index in [4.69, 9.17) is 0 Å². The second-order valence-corrected chi connectivity index (χ2v) is 6.39. The van der Waals surface area contributed by atoms with E-state index >= 15 is 0 Å². The minimum atomic E-state index is -0.477. The zero-order valence-corrected chi connectivity index (χ0v) is 13.1. The van der Waals surface area contributed by atoms with Crippen molar-refractivity contribution < 1.29 is 9.18 Å². The van der Waals surface area contributed by atoms with Gasteiger partial charge in [-0.15, -0.1) is 0 Å². The van der Waals surface area contributed by atoms with Crippen molar-refractivity contribution in [2.24, 2.45) is 5.41 Å². The maximum absolute atomic E-state index is 13.5. The Morgan fingerprint density at radius 3 is 2.90 bits per heavy atom. The van der Waals surface area contributed by atoms with Crippen molar-refractivity contribution in [1.82, 2.24) is 9.88 Å². The topological polar surface area (TPSA) is 45.2 Å². The Kier molecular flexibility index (Phi) is 4.80. The van der Waals surface area contributed by atoms with Crippen LogP contribution in [0.3, 0.4) is 0 Å². The minimum absolute atomic E-state index is 0.129. The molecule has 2 heterocycles. The van der Waals surface area contributed by atoms with Crippen LogP contribution in [-0.4, -0.2) is 35.4 Å². The maximum Gasteiger partial charge on any atom is 0.257 e. The standard InChI is InChI=1S/C16H24FN3O/c1-4-18-14-13(10-12(17)11-19-14)15(21)20-8-5-6-16(2,3)7-9-20/h10-11H,4-9H2,1-3H3,(H,18,19). The first kappa shape index (κ1) is 15.7. The average molecular weight is 293 g/mol. The molecule has 1 amide bonds. The molecular weight excluding hydrogens is 269 g/mol. The molecule has 1 aromatic heterocycles. The lowest BCUT2D eigenvalue weighted by Gasteiger charge is -2.24. The molecular formula is C16H24FN3O. The van der Waals surface area contributed by atoms with E-state index in [9.17, 15) is 9.18 Å². The van der Waals surface area contributed by atoms with E-state index in [1.165, 1.54) is 6.07 Å². The van der Waals surface area contributed by atoms with Crippen molar-refractivity contribution in [3.05, 3.63) is 23.6 Å². The predicted octanol–water partition coefficient (Wildman–Crippen LogP) is 3.30. The molecule has 0 bridgehead atoms. The fourth-order valence-electron chi connectivity index (χ4n) is 2.71. The van der Waals surface area contributed by atoms with Gasteiger partial charge in [0.2, 0.25) is 0 Å². The van der Waals surface area contributed by atoms with Crippen LogP contribution < -0.4 is 5.32 Å².